The van der Waals surface area contributed by atoms with Crippen molar-refractivity contribution in [3.8, 4) is 5.75 Å². The Morgan fingerprint density at radius 3 is 3.08 bits per heavy atom. The summed E-state index contributed by atoms with van der Waals surface area (Å²) < 4.78 is 5.19. The van der Waals surface area contributed by atoms with E-state index in [1.807, 2.05) is 6.92 Å². The number of rotatable bonds is 4. The second-order valence-electron chi connectivity index (χ2n) is 2.41. The number of pyridine rings is 1. The molecule has 1 aromatic heterocycles. The monoisotopic (exact) mass is 177 g/mol. The minimum atomic E-state index is -0.144. The maximum Gasteiger partial charge on any atom is 0.186 e. The molecule has 3 nitrogen and oxygen atoms in total. The number of hydrogen-bond donors (Lipinski definition) is 0. The number of ether oxygens (including phenoxy) is 1. The van der Waals surface area contributed by atoms with Crippen molar-refractivity contribution in [3.63, 3.8) is 0 Å². The zero-order chi connectivity index (χ0) is 9.68. The Bertz CT molecular complexity index is 320. The van der Waals surface area contributed by atoms with E-state index < -0.39 is 0 Å². The van der Waals surface area contributed by atoms with E-state index in [-0.39, 0.29) is 5.78 Å². The van der Waals surface area contributed by atoms with Gasteiger partial charge in [0.25, 0.3) is 0 Å². The molecule has 1 rings (SSSR count). The molecule has 0 bridgehead atoms. The first-order valence-electron chi connectivity index (χ1n) is 4.02. The van der Waals surface area contributed by atoms with Crippen LogP contribution in [0.2, 0.25) is 0 Å². The largest absolute Gasteiger partial charge is 0.492 e. The third kappa shape index (κ3) is 2.40. The third-order valence-electron chi connectivity index (χ3n) is 1.49. The molecule has 3 heteroatoms. The van der Waals surface area contributed by atoms with E-state index in [1.165, 1.54) is 12.3 Å². The van der Waals surface area contributed by atoms with Crippen molar-refractivity contribution in [2.75, 3.05) is 6.61 Å². The molecule has 0 aliphatic rings. The maximum atomic E-state index is 11.2. The first-order valence-corrected chi connectivity index (χ1v) is 4.02. The second kappa shape index (κ2) is 4.40. The normalized spacial score (nSPS) is 9.31. The smallest absolute Gasteiger partial charge is 0.186 e. The molecule has 0 saturated carbocycles. The van der Waals surface area contributed by atoms with Crippen LogP contribution < -0.4 is 4.74 Å². The molecule has 0 spiro atoms. The lowest BCUT2D eigenvalue weighted by atomic mass is 10.2. The Hall–Kier alpha value is -1.64. The molecule has 68 valence electrons. The zero-order valence-electron chi connectivity index (χ0n) is 7.49. The van der Waals surface area contributed by atoms with Crippen molar-refractivity contribution in [2.45, 2.75) is 6.92 Å². The van der Waals surface area contributed by atoms with Gasteiger partial charge in [-0.25, -0.2) is 0 Å². The van der Waals surface area contributed by atoms with Gasteiger partial charge in [0, 0.05) is 11.8 Å². The summed E-state index contributed by atoms with van der Waals surface area (Å²) in [5.41, 5.74) is 0.501. The molecule has 0 aliphatic carbocycles. The summed E-state index contributed by atoms with van der Waals surface area (Å²) in [6.07, 6.45) is 4.32. The van der Waals surface area contributed by atoms with Crippen molar-refractivity contribution >= 4 is 5.78 Å². The van der Waals surface area contributed by atoms with Crippen molar-refractivity contribution in [1.82, 2.24) is 4.98 Å². The number of allylic oxidation sites excluding steroid dienone is 1. The lowest BCUT2D eigenvalue weighted by Crippen LogP contribution is -1.97. The molecular formula is C10H11NO2. The highest BCUT2D eigenvalue weighted by Gasteiger charge is 2.02. The fourth-order valence-corrected chi connectivity index (χ4v) is 0.917. The van der Waals surface area contributed by atoms with Gasteiger partial charge >= 0.3 is 0 Å². The van der Waals surface area contributed by atoms with Crippen LogP contribution in [0.4, 0.5) is 0 Å². The molecule has 0 amide bonds. The van der Waals surface area contributed by atoms with Gasteiger partial charge in [-0.3, -0.25) is 9.78 Å². The molecule has 0 saturated heterocycles. The lowest BCUT2D eigenvalue weighted by molar-refractivity contribution is 0.104. The Morgan fingerprint density at radius 2 is 2.46 bits per heavy atom. The number of ketones is 1. The number of carbonyl (C=O) groups is 1. The topological polar surface area (TPSA) is 39.2 Å². The van der Waals surface area contributed by atoms with E-state index in [9.17, 15) is 4.79 Å². The molecule has 0 fully saturated rings. The minimum Gasteiger partial charge on any atom is -0.492 e. The van der Waals surface area contributed by atoms with E-state index in [2.05, 4.69) is 11.6 Å². The molecule has 0 unspecified atom stereocenters. The van der Waals surface area contributed by atoms with Crippen LogP contribution in [0.3, 0.4) is 0 Å². The Labute approximate surface area is 77.1 Å². The van der Waals surface area contributed by atoms with Crippen LogP contribution in [0, 0.1) is 0 Å². The highest BCUT2D eigenvalue weighted by molar-refractivity contribution is 6.04. The number of aromatic nitrogens is 1. The number of nitrogens with zero attached hydrogens (tertiary/aromatic N) is 1. The van der Waals surface area contributed by atoms with Crippen LogP contribution >= 0.6 is 0 Å². The number of hydrogen-bond acceptors (Lipinski definition) is 3. The molecule has 0 N–H and O–H groups in total. The van der Waals surface area contributed by atoms with E-state index in [1.54, 1.807) is 12.3 Å². The fraction of sp³-hybridized carbons (Fsp3) is 0.200. The molecule has 13 heavy (non-hydrogen) atoms. The SMILES string of the molecule is C=CC(=O)c1cncc(OCC)c1. The van der Waals surface area contributed by atoms with Gasteiger partial charge in [0.05, 0.1) is 12.8 Å². The van der Waals surface area contributed by atoms with Crippen LogP contribution in [0.15, 0.2) is 31.1 Å². The van der Waals surface area contributed by atoms with Crippen LogP contribution in [0.5, 0.6) is 5.75 Å². The Balaban J connectivity index is 2.91. The van der Waals surface area contributed by atoms with Gasteiger partial charge in [0.15, 0.2) is 5.78 Å². The van der Waals surface area contributed by atoms with Gasteiger partial charge in [-0.2, -0.15) is 0 Å². The summed E-state index contributed by atoms with van der Waals surface area (Å²) in [6.45, 7) is 5.83. The molecule has 0 aromatic carbocycles. The second-order valence-corrected chi connectivity index (χ2v) is 2.41. The van der Waals surface area contributed by atoms with Crippen LogP contribution in [-0.4, -0.2) is 17.4 Å². The van der Waals surface area contributed by atoms with Crippen molar-refractivity contribution in [1.29, 1.82) is 0 Å². The predicted octanol–water partition coefficient (Wildman–Crippen LogP) is 1.85. The highest BCUT2D eigenvalue weighted by atomic mass is 16.5. The van der Waals surface area contributed by atoms with Crippen molar-refractivity contribution < 1.29 is 9.53 Å². The average Bonchev–Trinajstić information content (AvgIpc) is 2.18. The molecule has 0 radical (unpaired) electrons. The minimum absolute atomic E-state index is 0.144. The molecule has 1 aromatic rings. The summed E-state index contributed by atoms with van der Waals surface area (Å²) in [5.74, 6) is 0.462. The first-order chi connectivity index (χ1) is 6.27. The van der Waals surface area contributed by atoms with Gasteiger partial charge in [0.2, 0.25) is 0 Å². The van der Waals surface area contributed by atoms with E-state index >= 15 is 0 Å². The molecule has 0 aliphatic heterocycles. The summed E-state index contributed by atoms with van der Waals surface area (Å²) >= 11 is 0. The van der Waals surface area contributed by atoms with E-state index in [0.29, 0.717) is 17.9 Å². The average molecular weight is 177 g/mol. The van der Waals surface area contributed by atoms with Gasteiger partial charge in [0.1, 0.15) is 5.75 Å². The quantitative estimate of drug-likeness (QED) is 0.520. The van der Waals surface area contributed by atoms with Crippen LogP contribution in [-0.2, 0) is 0 Å². The highest BCUT2D eigenvalue weighted by Crippen LogP contribution is 2.11. The van der Waals surface area contributed by atoms with E-state index in [0.717, 1.165) is 0 Å². The Kier molecular flexibility index (Phi) is 3.20. The Morgan fingerprint density at radius 1 is 1.69 bits per heavy atom. The van der Waals surface area contributed by atoms with Crippen LogP contribution in [0.25, 0.3) is 0 Å². The summed E-state index contributed by atoms with van der Waals surface area (Å²) in [6, 6.07) is 1.65. The summed E-state index contributed by atoms with van der Waals surface area (Å²) in [4.78, 5) is 15.0. The summed E-state index contributed by atoms with van der Waals surface area (Å²) in [7, 11) is 0. The van der Waals surface area contributed by atoms with Gasteiger partial charge in [-0.05, 0) is 19.1 Å². The third-order valence-corrected chi connectivity index (χ3v) is 1.49. The van der Waals surface area contributed by atoms with Crippen LogP contribution in [0.1, 0.15) is 17.3 Å². The first kappa shape index (κ1) is 9.45. The van der Waals surface area contributed by atoms with Gasteiger partial charge in [-0.15, -0.1) is 0 Å². The predicted molar refractivity (Wildman–Crippen MR) is 49.9 cm³/mol. The van der Waals surface area contributed by atoms with Gasteiger partial charge in [-0.1, -0.05) is 6.58 Å². The molecule has 0 atom stereocenters. The molecular weight excluding hydrogens is 166 g/mol. The fourth-order valence-electron chi connectivity index (χ4n) is 0.917. The molecule has 1 heterocycles. The lowest BCUT2D eigenvalue weighted by Gasteiger charge is -2.02. The standard InChI is InChI=1S/C10H11NO2/c1-3-10(12)8-5-9(13-4-2)7-11-6-8/h3,5-7H,1,4H2,2H3. The summed E-state index contributed by atoms with van der Waals surface area (Å²) in [5, 5.41) is 0. The van der Waals surface area contributed by atoms with Crippen molar-refractivity contribution in [3.05, 3.63) is 36.7 Å². The zero-order valence-corrected chi connectivity index (χ0v) is 7.49. The maximum absolute atomic E-state index is 11.2. The van der Waals surface area contributed by atoms with E-state index in [4.69, 9.17) is 4.74 Å². The van der Waals surface area contributed by atoms with Crippen molar-refractivity contribution in [2.24, 2.45) is 0 Å². The number of carbonyl (C=O) groups excluding carboxylic acids is 1. The van der Waals surface area contributed by atoms with Gasteiger partial charge < -0.3 is 4.74 Å².